The highest BCUT2D eigenvalue weighted by molar-refractivity contribution is 6.76. The lowest BCUT2D eigenvalue weighted by atomic mass is 9.88. The minimum absolute atomic E-state index is 0.0343. The number of nitrogens with zero attached hydrogens (tertiary/aromatic N) is 5. The summed E-state index contributed by atoms with van der Waals surface area (Å²) in [4.78, 5) is 34.5. The van der Waals surface area contributed by atoms with E-state index in [1.165, 1.54) is 22.8 Å². The van der Waals surface area contributed by atoms with Gasteiger partial charge in [0.2, 0.25) is 11.8 Å². The van der Waals surface area contributed by atoms with Crippen molar-refractivity contribution in [2.45, 2.75) is 108 Å². The molecule has 260 valence electrons. The van der Waals surface area contributed by atoms with Crippen LogP contribution < -0.4 is 10.1 Å². The highest BCUT2D eigenvalue weighted by Gasteiger charge is 2.48. The molecule has 5 atom stereocenters. The van der Waals surface area contributed by atoms with Crippen molar-refractivity contribution in [2.75, 3.05) is 26.8 Å². The van der Waals surface area contributed by atoms with E-state index in [1.54, 1.807) is 13.0 Å². The molecular formula is C32H46F4N6O4Si. The molecule has 2 unspecified atom stereocenters. The van der Waals surface area contributed by atoms with E-state index in [-0.39, 0.29) is 85.7 Å². The first-order chi connectivity index (χ1) is 22.2. The summed E-state index contributed by atoms with van der Waals surface area (Å²) in [6, 6.07) is 1.78. The minimum Gasteiger partial charge on any atom is -0.481 e. The highest BCUT2D eigenvalue weighted by atomic mass is 28.3. The van der Waals surface area contributed by atoms with E-state index in [2.05, 4.69) is 35.0 Å². The lowest BCUT2D eigenvalue weighted by molar-refractivity contribution is -0.192. The van der Waals surface area contributed by atoms with Crippen LogP contribution in [-0.2, 0) is 16.3 Å². The van der Waals surface area contributed by atoms with E-state index < -0.39 is 26.1 Å². The fraction of sp³-hybridized carbons (Fsp3) is 0.688. The van der Waals surface area contributed by atoms with Crippen LogP contribution in [0.2, 0.25) is 25.7 Å². The number of halogens is 4. The second-order valence-electron chi connectivity index (χ2n) is 14.2. The van der Waals surface area contributed by atoms with Gasteiger partial charge >= 0.3 is 6.18 Å². The summed E-state index contributed by atoms with van der Waals surface area (Å²) in [5.41, 5.74) is 0.703. The molecule has 5 heterocycles. The number of methoxy groups -OCH3 is 1. The normalized spacial score (nSPS) is 25.2. The van der Waals surface area contributed by atoms with Crippen LogP contribution in [-0.4, -0.2) is 102 Å². The van der Waals surface area contributed by atoms with Crippen molar-refractivity contribution in [3.05, 3.63) is 29.8 Å². The zero-order chi connectivity index (χ0) is 34.1. The Hall–Kier alpha value is -3.04. The maximum Gasteiger partial charge on any atom is 0.404 e. The molecule has 0 radical (unpaired) electrons. The van der Waals surface area contributed by atoms with Gasteiger partial charge in [0.05, 0.1) is 19.0 Å². The van der Waals surface area contributed by atoms with E-state index in [1.807, 2.05) is 4.90 Å². The second kappa shape index (κ2) is 14.2. The number of fused-ring (bicyclic) bond motifs is 2. The molecule has 3 fully saturated rings. The zero-order valence-corrected chi connectivity index (χ0v) is 28.8. The highest BCUT2D eigenvalue weighted by Crippen LogP contribution is 2.40. The van der Waals surface area contributed by atoms with Crippen molar-refractivity contribution >= 4 is 19.9 Å². The Kier molecular flexibility index (Phi) is 10.7. The van der Waals surface area contributed by atoms with Gasteiger partial charge < -0.3 is 19.7 Å². The largest absolute Gasteiger partial charge is 0.481 e. The first-order valence-electron chi connectivity index (χ1n) is 16.5. The van der Waals surface area contributed by atoms with Gasteiger partial charge in [0.25, 0.3) is 5.91 Å². The van der Waals surface area contributed by atoms with Gasteiger partial charge in [-0.05, 0) is 57.2 Å². The standard InChI is InChI=1S/C32H46F4N6O4Si/c1-6-40-18-21(7-10-28(40)32(34,35)36)38-30(43)20-13-22-8-9-23(14-20)42(22)31(44)26-16-27(24-15-29(45-2)37-17-25(24)33)41(39-26)19-46-11-12-47(3,4)5/h15-17,20-23,28H,6-14,18-19H2,1-5H3,(H,38,43)/t20-,21?,22-,23+,28?. The predicted octanol–water partition coefficient (Wildman–Crippen LogP) is 5.32. The number of hydrogen-bond acceptors (Lipinski definition) is 7. The number of rotatable bonds is 11. The molecule has 5 rings (SSSR count). The Morgan fingerprint density at radius 3 is 2.40 bits per heavy atom. The Labute approximate surface area is 274 Å². The molecule has 0 aliphatic carbocycles. The number of likely N-dealkylation sites (tertiary alicyclic amines) is 1. The maximum absolute atomic E-state index is 15.0. The molecule has 2 bridgehead atoms. The molecule has 47 heavy (non-hydrogen) atoms. The topological polar surface area (TPSA) is 102 Å². The molecule has 2 aromatic rings. The predicted molar refractivity (Wildman–Crippen MR) is 170 cm³/mol. The fourth-order valence-corrected chi connectivity index (χ4v) is 7.91. The number of aromatic nitrogens is 3. The molecule has 10 nitrogen and oxygen atoms in total. The average Bonchev–Trinajstić information content (AvgIpc) is 3.55. The Morgan fingerprint density at radius 2 is 1.79 bits per heavy atom. The monoisotopic (exact) mass is 682 g/mol. The van der Waals surface area contributed by atoms with Crippen molar-refractivity contribution in [3.8, 4) is 17.1 Å². The van der Waals surface area contributed by atoms with Crippen molar-refractivity contribution in [1.82, 2.24) is 29.9 Å². The number of pyridine rings is 1. The Morgan fingerprint density at radius 1 is 1.09 bits per heavy atom. The third-order valence-electron chi connectivity index (χ3n) is 9.68. The van der Waals surface area contributed by atoms with Crippen LogP contribution in [0.5, 0.6) is 5.88 Å². The number of likely N-dealkylation sites (N-methyl/N-ethyl adjacent to an activating group) is 1. The number of carbonyl (C=O) groups is 2. The van der Waals surface area contributed by atoms with Crippen molar-refractivity contribution in [1.29, 1.82) is 0 Å². The van der Waals surface area contributed by atoms with Gasteiger partial charge in [0, 0.05) is 56.9 Å². The SMILES string of the molecule is CCN1CC(NC(=O)[C@@H]2C[C@H]3CC[C@@H](C2)N3C(=O)c2cc(-c3cc(OC)ncc3F)n(COCC[Si](C)(C)C)n2)CCC1C(F)(F)F. The zero-order valence-electron chi connectivity index (χ0n) is 27.8. The van der Waals surface area contributed by atoms with Crippen molar-refractivity contribution < 1.29 is 36.6 Å². The smallest absolute Gasteiger partial charge is 0.404 e. The molecule has 3 aliphatic heterocycles. The lowest BCUT2D eigenvalue weighted by Gasteiger charge is -2.41. The second-order valence-corrected chi connectivity index (χ2v) is 19.8. The molecule has 1 N–H and O–H groups in total. The number of alkyl halides is 3. The molecule has 0 aromatic carbocycles. The number of carbonyl (C=O) groups excluding carboxylic acids is 2. The first-order valence-corrected chi connectivity index (χ1v) is 20.2. The summed E-state index contributed by atoms with van der Waals surface area (Å²) in [5.74, 6) is -1.16. The van der Waals surface area contributed by atoms with Crippen LogP contribution in [0.1, 0.15) is 55.9 Å². The van der Waals surface area contributed by atoms with E-state index >= 15 is 4.39 Å². The Balaban J connectivity index is 1.28. The van der Waals surface area contributed by atoms with Crippen LogP contribution in [0.4, 0.5) is 17.6 Å². The van der Waals surface area contributed by atoms with E-state index in [9.17, 15) is 22.8 Å². The van der Waals surface area contributed by atoms with Gasteiger partial charge in [-0.1, -0.05) is 26.6 Å². The molecule has 3 saturated heterocycles. The third-order valence-corrected chi connectivity index (χ3v) is 11.4. The molecule has 2 aromatic heterocycles. The molecule has 0 saturated carbocycles. The average molecular weight is 683 g/mol. The number of ether oxygens (including phenoxy) is 2. The summed E-state index contributed by atoms with van der Waals surface area (Å²) in [6.07, 6.45) is -0.590. The summed E-state index contributed by atoms with van der Waals surface area (Å²) in [6.45, 7) is 9.40. The number of amides is 2. The van der Waals surface area contributed by atoms with Crippen LogP contribution in [0.25, 0.3) is 11.3 Å². The first kappa shape index (κ1) is 35.3. The van der Waals surface area contributed by atoms with Crippen LogP contribution in [0.15, 0.2) is 18.3 Å². The summed E-state index contributed by atoms with van der Waals surface area (Å²) < 4.78 is 68.0. The summed E-state index contributed by atoms with van der Waals surface area (Å²) in [5, 5.41) is 7.60. The van der Waals surface area contributed by atoms with Gasteiger partial charge in [-0.2, -0.15) is 18.3 Å². The molecule has 15 heteroatoms. The van der Waals surface area contributed by atoms with Gasteiger partial charge in [-0.15, -0.1) is 0 Å². The lowest BCUT2D eigenvalue weighted by Crippen LogP contribution is -2.57. The van der Waals surface area contributed by atoms with Gasteiger partial charge in [0.1, 0.15) is 12.8 Å². The number of piperidine rings is 2. The summed E-state index contributed by atoms with van der Waals surface area (Å²) in [7, 11) is 0.0870. The molecule has 0 spiro atoms. The van der Waals surface area contributed by atoms with E-state index in [0.717, 1.165) is 25.1 Å². The minimum atomic E-state index is -4.29. The maximum atomic E-state index is 15.0. The van der Waals surface area contributed by atoms with Crippen molar-refractivity contribution in [2.24, 2.45) is 5.92 Å². The molecule has 3 aliphatic rings. The molecular weight excluding hydrogens is 636 g/mol. The molecule has 2 amide bonds. The van der Waals surface area contributed by atoms with Crippen LogP contribution in [0.3, 0.4) is 0 Å². The van der Waals surface area contributed by atoms with Crippen LogP contribution in [0, 0.1) is 11.7 Å². The van der Waals surface area contributed by atoms with Gasteiger partial charge in [-0.25, -0.2) is 14.1 Å². The third kappa shape index (κ3) is 8.16. The van der Waals surface area contributed by atoms with Gasteiger partial charge in [-0.3, -0.25) is 14.5 Å². The van der Waals surface area contributed by atoms with E-state index in [0.29, 0.717) is 25.1 Å². The quantitative estimate of drug-likeness (QED) is 0.195. The van der Waals surface area contributed by atoms with Crippen LogP contribution >= 0.6 is 0 Å². The number of nitrogens with one attached hydrogen (secondary N) is 1. The van der Waals surface area contributed by atoms with Crippen molar-refractivity contribution in [3.63, 3.8) is 0 Å². The summed E-state index contributed by atoms with van der Waals surface area (Å²) >= 11 is 0. The number of hydrogen-bond donors (Lipinski definition) is 1. The fourth-order valence-electron chi connectivity index (χ4n) is 7.15. The Bertz CT molecular complexity index is 1420. The van der Waals surface area contributed by atoms with Gasteiger partial charge in [0.15, 0.2) is 11.5 Å². The van der Waals surface area contributed by atoms with E-state index in [4.69, 9.17) is 9.47 Å².